The molecule has 1 saturated heterocycles. The molecule has 30 heavy (non-hydrogen) atoms. The molecule has 2 aromatic rings. The van der Waals surface area contributed by atoms with Crippen LogP contribution in [0.15, 0.2) is 53.4 Å². The van der Waals surface area contributed by atoms with E-state index in [1.807, 2.05) is 12.1 Å². The van der Waals surface area contributed by atoms with Gasteiger partial charge in [-0.1, -0.05) is 24.3 Å². The second kappa shape index (κ2) is 8.78. The molecule has 2 unspecified atom stereocenters. The van der Waals surface area contributed by atoms with Crippen LogP contribution in [-0.2, 0) is 21.2 Å². The minimum absolute atomic E-state index is 0.0102. The van der Waals surface area contributed by atoms with Gasteiger partial charge in [-0.05, 0) is 67.5 Å². The number of amides is 1. The van der Waals surface area contributed by atoms with Crippen LogP contribution in [0, 0.1) is 5.92 Å². The molecule has 0 bridgehead atoms. The van der Waals surface area contributed by atoms with Crippen LogP contribution in [0.4, 0.5) is 0 Å². The van der Waals surface area contributed by atoms with Crippen LogP contribution in [0.25, 0.3) is 0 Å². The van der Waals surface area contributed by atoms with Crippen molar-refractivity contribution in [2.24, 2.45) is 5.92 Å². The Labute approximate surface area is 178 Å². The Kier molecular flexibility index (Phi) is 6.11. The zero-order valence-corrected chi connectivity index (χ0v) is 18.0. The first kappa shape index (κ1) is 20.9. The lowest BCUT2D eigenvalue weighted by molar-refractivity contribution is -0.127. The van der Waals surface area contributed by atoms with E-state index in [0.29, 0.717) is 25.1 Å². The van der Waals surface area contributed by atoms with Gasteiger partial charge in [0.1, 0.15) is 5.75 Å². The molecule has 160 valence electrons. The van der Waals surface area contributed by atoms with Gasteiger partial charge in [-0.25, -0.2) is 8.42 Å². The Balaban J connectivity index is 1.45. The van der Waals surface area contributed by atoms with Crippen molar-refractivity contribution in [1.29, 1.82) is 0 Å². The Morgan fingerprint density at radius 3 is 2.60 bits per heavy atom. The Bertz CT molecular complexity index is 1000. The van der Waals surface area contributed by atoms with Crippen molar-refractivity contribution >= 4 is 15.9 Å². The Morgan fingerprint density at radius 2 is 1.83 bits per heavy atom. The number of hydrogen-bond donors (Lipinski definition) is 1. The average molecular weight is 429 g/mol. The zero-order chi connectivity index (χ0) is 21.1. The SMILES string of the molecule is COc1ccc(S(=O)(=O)N2CCCC(C(=O)NC3CCCc4ccccc43)C2)cc1. The third-order valence-electron chi connectivity index (χ3n) is 6.14. The molecule has 1 amide bonds. The van der Waals surface area contributed by atoms with Gasteiger partial charge in [0.25, 0.3) is 0 Å². The van der Waals surface area contributed by atoms with Crippen LogP contribution < -0.4 is 10.1 Å². The van der Waals surface area contributed by atoms with Crippen molar-refractivity contribution in [3.63, 3.8) is 0 Å². The van der Waals surface area contributed by atoms with Gasteiger partial charge in [-0.15, -0.1) is 0 Å². The minimum Gasteiger partial charge on any atom is -0.497 e. The smallest absolute Gasteiger partial charge is 0.243 e. The molecule has 2 aromatic carbocycles. The third-order valence-corrected chi connectivity index (χ3v) is 8.02. The van der Waals surface area contributed by atoms with E-state index in [4.69, 9.17) is 4.74 Å². The summed E-state index contributed by atoms with van der Waals surface area (Å²) in [6, 6.07) is 14.6. The molecule has 1 N–H and O–H groups in total. The Morgan fingerprint density at radius 1 is 1.07 bits per heavy atom. The fraction of sp³-hybridized carbons (Fsp3) is 0.435. The number of piperidine rings is 1. The van der Waals surface area contributed by atoms with Crippen LogP contribution in [0.1, 0.15) is 42.9 Å². The third kappa shape index (κ3) is 4.23. The normalized spacial score (nSPS) is 22.2. The number of rotatable bonds is 5. The molecule has 4 rings (SSSR count). The van der Waals surface area contributed by atoms with E-state index in [0.717, 1.165) is 19.3 Å². The lowest BCUT2D eigenvalue weighted by Gasteiger charge is -2.33. The van der Waals surface area contributed by atoms with E-state index in [2.05, 4.69) is 17.4 Å². The van der Waals surface area contributed by atoms with E-state index < -0.39 is 10.0 Å². The first-order valence-electron chi connectivity index (χ1n) is 10.5. The molecule has 0 radical (unpaired) electrons. The highest BCUT2D eigenvalue weighted by Crippen LogP contribution is 2.31. The van der Waals surface area contributed by atoms with Crippen molar-refractivity contribution in [2.75, 3.05) is 20.2 Å². The number of nitrogens with zero attached hydrogens (tertiary/aromatic N) is 1. The van der Waals surface area contributed by atoms with Gasteiger partial charge in [0.2, 0.25) is 15.9 Å². The van der Waals surface area contributed by atoms with Crippen LogP contribution in [-0.4, -0.2) is 38.8 Å². The van der Waals surface area contributed by atoms with E-state index in [-0.39, 0.29) is 29.3 Å². The van der Waals surface area contributed by atoms with Gasteiger partial charge >= 0.3 is 0 Å². The van der Waals surface area contributed by atoms with Gasteiger partial charge in [-0.2, -0.15) is 4.31 Å². The molecule has 2 aliphatic rings. The molecule has 1 aliphatic carbocycles. The number of carbonyl (C=O) groups is 1. The van der Waals surface area contributed by atoms with Crippen LogP contribution >= 0.6 is 0 Å². The maximum absolute atomic E-state index is 13.1. The fourth-order valence-electron chi connectivity index (χ4n) is 4.46. The highest BCUT2D eigenvalue weighted by atomic mass is 32.2. The molecular weight excluding hydrogens is 400 g/mol. The molecule has 6 nitrogen and oxygen atoms in total. The van der Waals surface area contributed by atoms with E-state index in [1.165, 1.54) is 15.4 Å². The lowest BCUT2D eigenvalue weighted by atomic mass is 9.87. The quantitative estimate of drug-likeness (QED) is 0.793. The zero-order valence-electron chi connectivity index (χ0n) is 17.2. The minimum atomic E-state index is -3.64. The summed E-state index contributed by atoms with van der Waals surface area (Å²) >= 11 is 0. The largest absolute Gasteiger partial charge is 0.497 e. The number of methoxy groups -OCH3 is 1. The fourth-order valence-corrected chi connectivity index (χ4v) is 5.99. The molecule has 1 fully saturated rings. The van der Waals surface area contributed by atoms with Crippen molar-refractivity contribution in [1.82, 2.24) is 9.62 Å². The van der Waals surface area contributed by atoms with Crippen molar-refractivity contribution in [2.45, 2.75) is 43.0 Å². The van der Waals surface area contributed by atoms with Gasteiger partial charge < -0.3 is 10.1 Å². The first-order valence-corrected chi connectivity index (χ1v) is 12.0. The summed E-state index contributed by atoms with van der Waals surface area (Å²) in [5.74, 6) is 0.227. The molecule has 1 heterocycles. The highest BCUT2D eigenvalue weighted by molar-refractivity contribution is 7.89. The number of sulfonamides is 1. The number of fused-ring (bicyclic) bond motifs is 1. The topological polar surface area (TPSA) is 75.7 Å². The van der Waals surface area contributed by atoms with Crippen molar-refractivity contribution in [3.05, 3.63) is 59.7 Å². The summed E-state index contributed by atoms with van der Waals surface area (Å²) in [6.45, 7) is 0.652. The van der Waals surface area contributed by atoms with Gasteiger partial charge in [0.05, 0.1) is 24.0 Å². The highest BCUT2D eigenvalue weighted by Gasteiger charge is 2.34. The molecule has 0 aromatic heterocycles. The summed E-state index contributed by atoms with van der Waals surface area (Å²) < 4.78 is 32.7. The number of aryl methyl sites for hydroxylation is 1. The second-order valence-corrected chi connectivity index (χ2v) is 9.97. The summed E-state index contributed by atoms with van der Waals surface area (Å²) in [7, 11) is -2.09. The molecule has 0 spiro atoms. The number of ether oxygens (including phenoxy) is 1. The number of hydrogen-bond acceptors (Lipinski definition) is 4. The van der Waals surface area contributed by atoms with Crippen LogP contribution in [0.5, 0.6) is 5.75 Å². The van der Waals surface area contributed by atoms with Gasteiger partial charge in [-0.3, -0.25) is 4.79 Å². The van der Waals surface area contributed by atoms with Crippen LogP contribution in [0.2, 0.25) is 0 Å². The van der Waals surface area contributed by atoms with Crippen LogP contribution in [0.3, 0.4) is 0 Å². The summed E-state index contributed by atoms with van der Waals surface area (Å²) in [5.41, 5.74) is 2.48. The molecule has 1 aliphatic heterocycles. The van der Waals surface area contributed by atoms with Gasteiger partial charge in [0.15, 0.2) is 0 Å². The van der Waals surface area contributed by atoms with E-state index in [1.54, 1.807) is 31.4 Å². The number of benzene rings is 2. The first-order chi connectivity index (χ1) is 14.5. The predicted octanol–water partition coefficient (Wildman–Crippen LogP) is 3.29. The number of carbonyl (C=O) groups excluding carboxylic acids is 1. The van der Waals surface area contributed by atoms with Gasteiger partial charge in [0, 0.05) is 13.1 Å². The molecule has 2 atom stereocenters. The maximum atomic E-state index is 13.1. The molecule has 0 saturated carbocycles. The number of nitrogens with one attached hydrogen (secondary N) is 1. The maximum Gasteiger partial charge on any atom is 0.243 e. The summed E-state index contributed by atoms with van der Waals surface area (Å²) in [5, 5.41) is 3.19. The molecular formula is C23H28N2O4S. The van der Waals surface area contributed by atoms with E-state index in [9.17, 15) is 13.2 Å². The lowest BCUT2D eigenvalue weighted by Crippen LogP contribution is -2.46. The van der Waals surface area contributed by atoms with Crippen molar-refractivity contribution in [3.8, 4) is 5.75 Å². The molecule has 7 heteroatoms. The van der Waals surface area contributed by atoms with E-state index >= 15 is 0 Å². The monoisotopic (exact) mass is 428 g/mol. The van der Waals surface area contributed by atoms with Crippen molar-refractivity contribution < 1.29 is 17.9 Å². The predicted molar refractivity (Wildman–Crippen MR) is 115 cm³/mol. The summed E-state index contributed by atoms with van der Waals surface area (Å²) in [6.07, 6.45) is 4.39. The Hall–Kier alpha value is -2.38. The summed E-state index contributed by atoms with van der Waals surface area (Å²) in [4.78, 5) is 13.2. The second-order valence-electron chi connectivity index (χ2n) is 8.03. The standard InChI is InChI=1S/C23H28N2O4S/c1-29-19-11-13-20(14-12-19)30(27,28)25-15-5-8-18(16-25)23(26)24-22-10-4-7-17-6-2-3-9-21(17)22/h2-3,6,9,11-14,18,22H,4-5,7-8,10,15-16H2,1H3,(H,24,26). The average Bonchev–Trinajstić information content (AvgIpc) is 2.79.